The Morgan fingerprint density at radius 2 is 2.44 bits per heavy atom. The molecule has 18 heavy (non-hydrogen) atoms. The summed E-state index contributed by atoms with van der Waals surface area (Å²) in [6.07, 6.45) is 4.99. The monoisotopic (exact) mass is 246 g/mol. The van der Waals surface area contributed by atoms with Crippen molar-refractivity contribution < 1.29 is 4.74 Å². The van der Waals surface area contributed by atoms with Crippen LogP contribution in [0, 0.1) is 6.92 Å². The summed E-state index contributed by atoms with van der Waals surface area (Å²) in [5.74, 6) is 0. The third-order valence-corrected chi connectivity index (χ3v) is 3.43. The molecule has 0 aliphatic carbocycles. The summed E-state index contributed by atoms with van der Waals surface area (Å²) in [7, 11) is 0. The van der Waals surface area contributed by atoms with E-state index in [1.807, 2.05) is 29.9 Å². The van der Waals surface area contributed by atoms with Crippen LogP contribution < -0.4 is 5.32 Å². The predicted octanol–water partition coefficient (Wildman–Crippen LogP) is 1.31. The van der Waals surface area contributed by atoms with Crippen LogP contribution in [0.5, 0.6) is 0 Å². The van der Waals surface area contributed by atoms with Gasteiger partial charge in [0.15, 0.2) is 5.65 Å². The molecule has 3 rings (SSSR count). The first-order valence-corrected chi connectivity index (χ1v) is 6.28. The summed E-state index contributed by atoms with van der Waals surface area (Å²) < 4.78 is 7.26. The second-order valence-corrected chi connectivity index (χ2v) is 5.27. The normalized spacial score (nSPS) is 23.9. The van der Waals surface area contributed by atoms with Crippen LogP contribution in [0.15, 0.2) is 18.5 Å². The van der Waals surface area contributed by atoms with Crippen molar-refractivity contribution in [2.75, 3.05) is 13.2 Å². The standard InChI is InChI=1S/C13H18N4O/c1-10-5-12-14-6-11(8-17(12)16-10)7-15-13(2)3-4-18-9-13/h5-6,8,15H,3-4,7,9H2,1-2H3. The number of nitrogens with one attached hydrogen (secondary N) is 1. The Bertz CT molecular complexity index is 557. The van der Waals surface area contributed by atoms with E-state index in [2.05, 4.69) is 22.3 Å². The maximum atomic E-state index is 5.43. The number of aromatic nitrogens is 3. The molecule has 1 atom stereocenters. The molecule has 5 heteroatoms. The lowest BCUT2D eigenvalue weighted by atomic mass is 10.0. The number of aryl methyl sites for hydroxylation is 1. The Labute approximate surface area is 106 Å². The van der Waals surface area contributed by atoms with E-state index in [0.717, 1.165) is 43.1 Å². The van der Waals surface area contributed by atoms with Crippen LogP contribution in [0.3, 0.4) is 0 Å². The summed E-state index contributed by atoms with van der Waals surface area (Å²) in [6.45, 7) is 6.60. The van der Waals surface area contributed by atoms with E-state index in [1.165, 1.54) is 0 Å². The van der Waals surface area contributed by atoms with E-state index in [0.29, 0.717) is 0 Å². The van der Waals surface area contributed by atoms with Crippen molar-refractivity contribution in [3.8, 4) is 0 Å². The quantitative estimate of drug-likeness (QED) is 0.887. The number of nitrogens with zero attached hydrogens (tertiary/aromatic N) is 3. The molecule has 1 unspecified atom stereocenters. The van der Waals surface area contributed by atoms with Crippen LogP contribution >= 0.6 is 0 Å². The van der Waals surface area contributed by atoms with Crippen molar-refractivity contribution in [1.82, 2.24) is 19.9 Å². The smallest absolute Gasteiger partial charge is 0.155 e. The summed E-state index contributed by atoms with van der Waals surface area (Å²) in [4.78, 5) is 4.40. The Morgan fingerprint density at radius 1 is 1.56 bits per heavy atom. The van der Waals surface area contributed by atoms with Crippen LogP contribution in [0.4, 0.5) is 0 Å². The Hall–Kier alpha value is -1.46. The van der Waals surface area contributed by atoms with Crippen molar-refractivity contribution in [2.45, 2.75) is 32.4 Å². The molecule has 1 aliphatic rings. The lowest BCUT2D eigenvalue weighted by molar-refractivity contribution is 0.171. The zero-order valence-corrected chi connectivity index (χ0v) is 10.8. The van der Waals surface area contributed by atoms with Gasteiger partial charge in [-0.15, -0.1) is 0 Å². The third-order valence-electron chi connectivity index (χ3n) is 3.43. The van der Waals surface area contributed by atoms with Gasteiger partial charge in [-0.2, -0.15) is 5.10 Å². The van der Waals surface area contributed by atoms with Gasteiger partial charge in [0.2, 0.25) is 0 Å². The molecule has 2 aromatic rings. The van der Waals surface area contributed by atoms with Crippen molar-refractivity contribution in [1.29, 1.82) is 0 Å². The fraction of sp³-hybridized carbons (Fsp3) is 0.538. The third kappa shape index (κ3) is 2.23. The molecule has 2 aromatic heterocycles. The summed E-state index contributed by atoms with van der Waals surface area (Å²) in [6, 6.07) is 1.98. The van der Waals surface area contributed by atoms with E-state index in [-0.39, 0.29) is 5.54 Å². The second kappa shape index (κ2) is 4.33. The van der Waals surface area contributed by atoms with Gasteiger partial charge in [0.25, 0.3) is 0 Å². The van der Waals surface area contributed by atoms with Crippen molar-refractivity contribution in [2.24, 2.45) is 0 Å². The Balaban J connectivity index is 1.74. The summed E-state index contributed by atoms with van der Waals surface area (Å²) in [5.41, 5.74) is 3.11. The minimum absolute atomic E-state index is 0.0923. The molecule has 0 aromatic carbocycles. The average molecular weight is 246 g/mol. The highest BCUT2D eigenvalue weighted by Gasteiger charge is 2.28. The molecule has 0 bridgehead atoms. The number of ether oxygens (including phenoxy) is 1. The zero-order chi connectivity index (χ0) is 12.6. The Kier molecular flexibility index (Phi) is 2.80. The van der Waals surface area contributed by atoms with Crippen LogP contribution in [0.2, 0.25) is 0 Å². The fourth-order valence-electron chi connectivity index (χ4n) is 2.25. The molecule has 0 amide bonds. The molecule has 0 spiro atoms. The van der Waals surface area contributed by atoms with Crippen LogP contribution in [-0.4, -0.2) is 33.4 Å². The average Bonchev–Trinajstić information content (AvgIpc) is 2.92. The predicted molar refractivity (Wildman–Crippen MR) is 68.4 cm³/mol. The zero-order valence-electron chi connectivity index (χ0n) is 10.8. The first-order valence-electron chi connectivity index (χ1n) is 6.28. The topological polar surface area (TPSA) is 51.5 Å². The summed E-state index contributed by atoms with van der Waals surface area (Å²) >= 11 is 0. The fourth-order valence-corrected chi connectivity index (χ4v) is 2.25. The molecule has 1 aliphatic heterocycles. The van der Waals surface area contributed by atoms with E-state index in [1.54, 1.807) is 0 Å². The molecule has 1 N–H and O–H groups in total. The van der Waals surface area contributed by atoms with E-state index >= 15 is 0 Å². The first kappa shape index (κ1) is 11.6. The van der Waals surface area contributed by atoms with Gasteiger partial charge >= 0.3 is 0 Å². The largest absolute Gasteiger partial charge is 0.379 e. The van der Waals surface area contributed by atoms with Crippen molar-refractivity contribution >= 4 is 5.65 Å². The van der Waals surface area contributed by atoms with Gasteiger partial charge in [-0.25, -0.2) is 9.50 Å². The first-order chi connectivity index (χ1) is 8.65. The van der Waals surface area contributed by atoms with Gasteiger partial charge in [0, 0.05) is 42.7 Å². The maximum absolute atomic E-state index is 5.43. The van der Waals surface area contributed by atoms with Gasteiger partial charge in [-0.3, -0.25) is 0 Å². The van der Waals surface area contributed by atoms with E-state index < -0.39 is 0 Å². The highest BCUT2D eigenvalue weighted by Crippen LogP contribution is 2.18. The van der Waals surface area contributed by atoms with Crippen molar-refractivity contribution in [3.63, 3.8) is 0 Å². The molecule has 96 valence electrons. The van der Waals surface area contributed by atoms with Gasteiger partial charge in [0.1, 0.15) is 0 Å². The maximum Gasteiger partial charge on any atom is 0.155 e. The second-order valence-electron chi connectivity index (χ2n) is 5.27. The number of hydrogen-bond acceptors (Lipinski definition) is 4. The van der Waals surface area contributed by atoms with Crippen LogP contribution in [0.1, 0.15) is 24.6 Å². The highest BCUT2D eigenvalue weighted by molar-refractivity contribution is 5.38. The minimum Gasteiger partial charge on any atom is -0.379 e. The van der Waals surface area contributed by atoms with Gasteiger partial charge in [-0.05, 0) is 20.3 Å². The number of rotatable bonds is 3. The molecule has 0 radical (unpaired) electrons. The highest BCUT2D eigenvalue weighted by atomic mass is 16.5. The SMILES string of the molecule is Cc1cc2ncc(CNC3(C)CCOC3)cn2n1. The molecule has 5 nitrogen and oxygen atoms in total. The van der Waals surface area contributed by atoms with Crippen LogP contribution in [-0.2, 0) is 11.3 Å². The lowest BCUT2D eigenvalue weighted by Crippen LogP contribution is -2.42. The van der Waals surface area contributed by atoms with Gasteiger partial charge < -0.3 is 10.1 Å². The van der Waals surface area contributed by atoms with Crippen molar-refractivity contribution in [3.05, 3.63) is 29.7 Å². The molecule has 0 saturated carbocycles. The number of fused-ring (bicyclic) bond motifs is 1. The molecule has 1 fully saturated rings. The lowest BCUT2D eigenvalue weighted by Gasteiger charge is -2.23. The van der Waals surface area contributed by atoms with E-state index in [4.69, 9.17) is 4.74 Å². The Morgan fingerprint density at radius 3 is 3.22 bits per heavy atom. The molecule has 1 saturated heterocycles. The number of hydrogen-bond donors (Lipinski definition) is 1. The van der Waals surface area contributed by atoms with E-state index in [9.17, 15) is 0 Å². The molecular formula is C13H18N4O. The minimum atomic E-state index is 0.0923. The van der Waals surface area contributed by atoms with Gasteiger partial charge in [0.05, 0.1) is 12.3 Å². The summed E-state index contributed by atoms with van der Waals surface area (Å²) in [5, 5.41) is 7.91. The molecular weight excluding hydrogens is 228 g/mol. The van der Waals surface area contributed by atoms with Crippen LogP contribution in [0.25, 0.3) is 5.65 Å². The van der Waals surface area contributed by atoms with Gasteiger partial charge in [-0.1, -0.05) is 0 Å². The molecule has 3 heterocycles.